The molecule has 1 heterocycles. The molecule has 0 radical (unpaired) electrons. The highest BCUT2D eigenvalue weighted by molar-refractivity contribution is 5.98. The van der Waals surface area contributed by atoms with Gasteiger partial charge in [-0.15, -0.1) is 0 Å². The third-order valence-electron chi connectivity index (χ3n) is 3.20. The van der Waals surface area contributed by atoms with Crippen LogP contribution in [-0.4, -0.2) is 25.5 Å². The maximum Gasteiger partial charge on any atom is 0.340 e. The topological polar surface area (TPSA) is 46.6 Å². The number of esters is 1. The number of methoxy groups -OCH3 is 1. The molecule has 1 saturated heterocycles. The Morgan fingerprint density at radius 1 is 1.45 bits per heavy atom. The Labute approximate surface area is 116 Å². The molecule has 1 aliphatic rings. The molecule has 1 aromatic rings. The molecule has 106 valence electrons. The van der Waals surface area contributed by atoms with Crippen molar-refractivity contribution in [3.05, 3.63) is 35.2 Å². The molecule has 2 rings (SSSR count). The van der Waals surface area contributed by atoms with Crippen molar-refractivity contribution in [1.29, 1.82) is 0 Å². The lowest BCUT2D eigenvalue weighted by Crippen LogP contribution is -2.25. The SMILES string of the molecule is CC=Cc1cc(C(=O)OC)c(F)c(N2CCCC2=O)c1. The van der Waals surface area contributed by atoms with Crippen LogP contribution < -0.4 is 4.90 Å². The fourth-order valence-corrected chi connectivity index (χ4v) is 2.28. The summed E-state index contributed by atoms with van der Waals surface area (Å²) in [5, 5.41) is 0. The van der Waals surface area contributed by atoms with E-state index in [4.69, 9.17) is 0 Å². The maximum absolute atomic E-state index is 14.4. The summed E-state index contributed by atoms with van der Waals surface area (Å²) in [6, 6.07) is 3.00. The van der Waals surface area contributed by atoms with Crippen molar-refractivity contribution >= 4 is 23.6 Å². The summed E-state index contributed by atoms with van der Waals surface area (Å²) in [5.41, 5.74) is 0.644. The number of nitrogens with zero attached hydrogens (tertiary/aromatic N) is 1. The molecule has 1 aliphatic heterocycles. The monoisotopic (exact) mass is 277 g/mol. The van der Waals surface area contributed by atoms with Gasteiger partial charge in [-0.3, -0.25) is 4.79 Å². The first-order chi connectivity index (χ1) is 9.58. The first-order valence-corrected chi connectivity index (χ1v) is 6.43. The highest BCUT2D eigenvalue weighted by atomic mass is 19.1. The van der Waals surface area contributed by atoms with E-state index in [1.807, 2.05) is 6.92 Å². The van der Waals surface area contributed by atoms with Crippen LogP contribution in [0.25, 0.3) is 6.08 Å². The molecular weight excluding hydrogens is 261 g/mol. The molecule has 4 nitrogen and oxygen atoms in total. The molecule has 0 aliphatic carbocycles. The van der Waals surface area contributed by atoms with Crippen molar-refractivity contribution in [1.82, 2.24) is 0 Å². The van der Waals surface area contributed by atoms with E-state index in [2.05, 4.69) is 4.74 Å². The number of carbonyl (C=O) groups is 2. The molecule has 0 unspecified atom stereocenters. The number of benzene rings is 1. The normalized spacial score (nSPS) is 15.2. The summed E-state index contributed by atoms with van der Waals surface area (Å²) < 4.78 is 19.0. The highest BCUT2D eigenvalue weighted by Crippen LogP contribution is 2.29. The van der Waals surface area contributed by atoms with Crippen LogP contribution in [0.2, 0.25) is 0 Å². The average molecular weight is 277 g/mol. The number of allylic oxidation sites excluding steroid dienone is 1. The second-order valence-corrected chi connectivity index (χ2v) is 4.54. The van der Waals surface area contributed by atoms with Crippen LogP contribution in [0.15, 0.2) is 18.2 Å². The van der Waals surface area contributed by atoms with Gasteiger partial charge in [-0.05, 0) is 31.0 Å². The highest BCUT2D eigenvalue weighted by Gasteiger charge is 2.27. The number of halogens is 1. The van der Waals surface area contributed by atoms with E-state index >= 15 is 0 Å². The Hall–Kier alpha value is -2.17. The van der Waals surface area contributed by atoms with Crippen molar-refractivity contribution in [3.8, 4) is 0 Å². The number of amides is 1. The van der Waals surface area contributed by atoms with Gasteiger partial charge in [-0.25, -0.2) is 9.18 Å². The van der Waals surface area contributed by atoms with Gasteiger partial charge in [0.05, 0.1) is 18.4 Å². The van der Waals surface area contributed by atoms with Crippen LogP contribution in [0, 0.1) is 5.82 Å². The quantitative estimate of drug-likeness (QED) is 0.798. The molecule has 0 bridgehead atoms. The van der Waals surface area contributed by atoms with Gasteiger partial charge in [-0.2, -0.15) is 0 Å². The first kappa shape index (κ1) is 14.2. The summed E-state index contributed by atoms with van der Waals surface area (Å²) in [6.45, 7) is 2.29. The van der Waals surface area contributed by atoms with Gasteiger partial charge in [0.25, 0.3) is 0 Å². The molecule has 1 fully saturated rings. The zero-order valence-corrected chi connectivity index (χ0v) is 11.5. The van der Waals surface area contributed by atoms with Gasteiger partial charge in [0.15, 0.2) is 5.82 Å². The Balaban J connectivity index is 2.57. The third kappa shape index (κ3) is 2.57. The lowest BCUT2D eigenvalue weighted by molar-refractivity contribution is -0.117. The van der Waals surface area contributed by atoms with Crippen LogP contribution in [0.1, 0.15) is 35.7 Å². The number of hydrogen-bond donors (Lipinski definition) is 0. The Morgan fingerprint density at radius 3 is 2.75 bits per heavy atom. The van der Waals surface area contributed by atoms with E-state index in [1.54, 1.807) is 18.2 Å². The molecule has 0 atom stereocenters. The van der Waals surface area contributed by atoms with Crippen molar-refractivity contribution in [3.63, 3.8) is 0 Å². The number of rotatable bonds is 3. The lowest BCUT2D eigenvalue weighted by Gasteiger charge is -2.18. The minimum Gasteiger partial charge on any atom is -0.465 e. The van der Waals surface area contributed by atoms with Gasteiger partial charge in [0, 0.05) is 13.0 Å². The van der Waals surface area contributed by atoms with Crippen molar-refractivity contribution in [2.75, 3.05) is 18.6 Å². The van der Waals surface area contributed by atoms with Crippen molar-refractivity contribution < 1.29 is 18.7 Å². The zero-order valence-electron chi connectivity index (χ0n) is 11.5. The predicted octanol–water partition coefficient (Wildman–Crippen LogP) is 2.77. The van der Waals surface area contributed by atoms with E-state index in [0.717, 1.165) is 0 Å². The van der Waals surface area contributed by atoms with Crippen LogP contribution in [-0.2, 0) is 9.53 Å². The third-order valence-corrected chi connectivity index (χ3v) is 3.20. The van der Waals surface area contributed by atoms with Crippen molar-refractivity contribution in [2.45, 2.75) is 19.8 Å². The molecule has 1 amide bonds. The number of hydrogen-bond acceptors (Lipinski definition) is 3. The van der Waals surface area contributed by atoms with E-state index in [0.29, 0.717) is 24.9 Å². The summed E-state index contributed by atoms with van der Waals surface area (Å²) in [7, 11) is 1.20. The van der Waals surface area contributed by atoms with Crippen LogP contribution in [0.5, 0.6) is 0 Å². The lowest BCUT2D eigenvalue weighted by atomic mass is 10.1. The number of anilines is 1. The summed E-state index contributed by atoms with van der Waals surface area (Å²) in [6.07, 6.45) is 4.63. The summed E-state index contributed by atoms with van der Waals surface area (Å²) >= 11 is 0. The largest absolute Gasteiger partial charge is 0.465 e. The van der Waals surface area contributed by atoms with E-state index in [-0.39, 0.29) is 17.2 Å². The maximum atomic E-state index is 14.4. The fraction of sp³-hybridized carbons (Fsp3) is 0.333. The molecule has 5 heteroatoms. The molecule has 0 saturated carbocycles. The molecule has 0 N–H and O–H groups in total. The average Bonchev–Trinajstić information content (AvgIpc) is 2.86. The van der Waals surface area contributed by atoms with Crippen molar-refractivity contribution in [2.24, 2.45) is 0 Å². The number of ether oxygens (including phenoxy) is 1. The second kappa shape index (κ2) is 5.86. The fourth-order valence-electron chi connectivity index (χ4n) is 2.28. The summed E-state index contributed by atoms with van der Waals surface area (Å²) in [4.78, 5) is 24.8. The Kier molecular flexibility index (Phi) is 4.17. The molecule has 1 aromatic carbocycles. The summed E-state index contributed by atoms with van der Waals surface area (Å²) in [5.74, 6) is -1.58. The minimum atomic E-state index is -0.748. The molecular formula is C15H16FNO3. The predicted molar refractivity (Wildman–Crippen MR) is 74.0 cm³/mol. The van der Waals surface area contributed by atoms with E-state index in [9.17, 15) is 14.0 Å². The van der Waals surface area contributed by atoms with Crippen LogP contribution in [0.4, 0.5) is 10.1 Å². The zero-order chi connectivity index (χ0) is 14.7. The van der Waals surface area contributed by atoms with E-state index < -0.39 is 11.8 Å². The Bertz CT molecular complexity index is 581. The first-order valence-electron chi connectivity index (χ1n) is 6.43. The van der Waals surface area contributed by atoms with Crippen LogP contribution >= 0.6 is 0 Å². The smallest absolute Gasteiger partial charge is 0.340 e. The van der Waals surface area contributed by atoms with Gasteiger partial charge in [0.2, 0.25) is 5.91 Å². The molecule has 0 spiro atoms. The number of carbonyl (C=O) groups excluding carboxylic acids is 2. The van der Waals surface area contributed by atoms with Crippen LogP contribution in [0.3, 0.4) is 0 Å². The Morgan fingerprint density at radius 2 is 2.20 bits per heavy atom. The standard InChI is InChI=1S/C15H16FNO3/c1-3-5-10-8-11(15(19)20-2)14(16)12(9-10)17-7-4-6-13(17)18/h3,5,8-9H,4,6-7H2,1-2H3. The van der Waals surface area contributed by atoms with Gasteiger partial charge < -0.3 is 9.64 Å². The second-order valence-electron chi connectivity index (χ2n) is 4.54. The molecule has 0 aromatic heterocycles. The van der Waals surface area contributed by atoms with E-state index in [1.165, 1.54) is 18.1 Å². The van der Waals surface area contributed by atoms with Gasteiger partial charge in [0.1, 0.15) is 0 Å². The van der Waals surface area contributed by atoms with Gasteiger partial charge in [-0.1, -0.05) is 12.2 Å². The minimum absolute atomic E-state index is 0.127. The molecule has 20 heavy (non-hydrogen) atoms. The van der Waals surface area contributed by atoms with Gasteiger partial charge >= 0.3 is 5.97 Å².